The van der Waals surface area contributed by atoms with Crippen molar-refractivity contribution in [2.75, 3.05) is 27.4 Å². The van der Waals surface area contributed by atoms with Gasteiger partial charge < -0.3 is 28.4 Å². The molecule has 1 aliphatic carbocycles. The molecular weight excluding hydrogens is 456 g/mol. The summed E-state index contributed by atoms with van der Waals surface area (Å²) in [6, 6.07) is 8.90. The number of esters is 3. The highest BCUT2D eigenvalue weighted by molar-refractivity contribution is 5.72. The summed E-state index contributed by atoms with van der Waals surface area (Å²) >= 11 is 0. The zero-order chi connectivity index (χ0) is 25.3. The van der Waals surface area contributed by atoms with Gasteiger partial charge in [-0.25, -0.2) is 0 Å². The van der Waals surface area contributed by atoms with Crippen LogP contribution in [0.15, 0.2) is 30.3 Å². The molecule has 2 aromatic carbocycles. The van der Waals surface area contributed by atoms with Gasteiger partial charge in [-0.2, -0.15) is 0 Å². The van der Waals surface area contributed by atoms with E-state index >= 15 is 0 Å². The van der Waals surface area contributed by atoms with Gasteiger partial charge in [-0.05, 0) is 35.4 Å². The van der Waals surface area contributed by atoms with Crippen LogP contribution < -0.4 is 18.9 Å². The monoisotopic (exact) mass is 484 g/mol. The van der Waals surface area contributed by atoms with Crippen molar-refractivity contribution in [3.05, 3.63) is 47.0 Å². The number of rotatable bonds is 6. The van der Waals surface area contributed by atoms with Crippen LogP contribution in [0.2, 0.25) is 0 Å². The second kappa shape index (κ2) is 9.95. The predicted octanol–water partition coefficient (Wildman–Crippen LogP) is 3.57. The molecule has 0 radical (unpaired) electrons. The smallest absolute Gasteiger partial charge is 0.308 e. The van der Waals surface area contributed by atoms with Crippen molar-refractivity contribution in [3.8, 4) is 23.0 Å². The zero-order valence-electron chi connectivity index (χ0n) is 20.3. The second-order valence-electron chi connectivity index (χ2n) is 8.60. The average molecular weight is 485 g/mol. The van der Waals surface area contributed by atoms with E-state index in [2.05, 4.69) is 0 Å². The maximum absolute atomic E-state index is 12.0. The van der Waals surface area contributed by atoms with Crippen LogP contribution in [0, 0.1) is 11.8 Å². The number of carbonyl (C=O) groups is 3. The summed E-state index contributed by atoms with van der Waals surface area (Å²) in [7, 11) is 2.98. The molecule has 9 nitrogen and oxygen atoms in total. The Morgan fingerprint density at radius 3 is 1.97 bits per heavy atom. The summed E-state index contributed by atoms with van der Waals surface area (Å²) in [6.07, 6.45) is -0.547. The summed E-state index contributed by atoms with van der Waals surface area (Å²) in [6.45, 7) is 4.89. The molecule has 0 spiro atoms. The van der Waals surface area contributed by atoms with Crippen molar-refractivity contribution in [1.82, 2.24) is 0 Å². The molecule has 2 aliphatic rings. The third-order valence-corrected chi connectivity index (χ3v) is 6.35. The van der Waals surface area contributed by atoms with E-state index in [9.17, 15) is 14.4 Å². The number of carbonyl (C=O) groups excluding carboxylic acids is 3. The summed E-state index contributed by atoms with van der Waals surface area (Å²) < 4.78 is 33.3. The second-order valence-corrected chi connectivity index (χ2v) is 8.60. The maximum Gasteiger partial charge on any atom is 0.308 e. The van der Waals surface area contributed by atoms with Gasteiger partial charge in [0.05, 0.1) is 27.4 Å². The first-order valence-electron chi connectivity index (χ1n) is 11.2. The van der Waals surface area contributed by atoms with Crippen LogP contribution in [0.3, 0.4) is 0 Å². The fourth-order valence-corrected chi connectivity index (χ4v) is 5.08. The molecule has 9 heteroatoms. The number of methoxy groups -OCH3 is 2. The van der Waals surface area contributed by atoms with E-state index in [1.807, 2.05) is 12.1 Å². The highest BCUT2D eigenvalue weighted by atomic mass is 16.6. The van der Waals surface area contributed by atoms with E-state index in [0.717, 1.165) is 16.7 Å². The molecule has 0 amide bonds. The number of fused-ring (bicyclic) bond motifs is 2. The lowest BCUT2D eigenvalue weighted by molar-refractivity contribution is -0.151. The van der Waals surface area contributed by atoms with Crippen molar-refractivity contribution in [2.45, 2.75) is 32.8 Å². The first-order chi connectivity index (χ1) is 16.7. The van der Waals surface area contributed by atoms with Crippen LogP contribution >= 0.6 is 0 Å². The predicted molar refractivity (Wildman–Crippen MR) is 123 cm³/mol. The van der Waals surface area contributed by atoms with E-state index in [1.165, 1.54) is 35.0 Å². The Morgan fingerprint density at radius 1 is 0.743 bits per heavy atom. The molecule has 2 aromatic rings. The van der Waals surface area contributed by atoms with Crippen LogP contribution in [0.1, 0.15) is 49.5 Å². The third-order valence-electron chi connectivity index (χ3n) is 6.35. The zero-order valence-corrected chi connectivity index (χ0v) is 20.3. The Morgan fingerprint density at radius 2 is 1.34 bits per heavy atom. The van der Waals surface area contributed by atoms with E-state index < -0.39 is 24.0 Å². The summed E-state index contributed by atoms with van der Waals surface area (Å²) in [4.78, 5) is 35.3. The van der Waals surface area contributed by atoms with Gasteiger partial charge in [-0.3, -0.25) is 14.4 Å². The molecule has 1 fully saturated rings. The lowest BCUT2D eigenvalue weighted by atomic mass is 9.66. The number of ether oxygens (including phenoxy) is 6. The average Bonchev–Trinajstić information content (AvgIpc) is 3.27. The molecule has 1 saturated heterocycles. The van der Waals surface area contributed by atoms with Crippen LogP contribution in [0.4, 0.5) is 0 Å². The van der Waals surface area contributed by atoms with Gasteiger partial charge in [0.15, 0.2) is 23.0 Å². The number of hydrogen-bond donors (Lipinski definition) is 0. The molecule has 1 heterocycles. The Balaban J connectivity index is 1.91. The third kappa shape index (κ3) is 4.81. The van der Waals surface area contributed by atoms with Gasteiger partial charge >= 0.3 is 17.9 Å². The molecule has 0 saturated carbocycles. The van der Waals surface area contributed by atoms with Crippen LogP contribution in [0.25, 0.3) is 0 Å². The Kier molecular flexibility index (Phi) is 6.98. The fourth-order valence-electron chi connectivity index (χ4n) is 5.08. The topological polar surface area (TPSA) is 107 Å². The van der Waals surface area contributed by atoms with Crippen molar-refractivity contribution >= 4 is 17.9 Å². The molecule has 1 aliphatic heterocycles. The van der Waals surface area contributed by atoms with Crippen molar-refractivity contribution in [1.29, 1.82) is 0 Å². The van der Waals surface area contributed by atoms with Crippen LogP contribution in [0.5, 0.6) is 23.0 Å². The van der Waals surface area contributed by atoms with Gasteiger partial charge in [-0.15, -0.1) is 0 Å². The molecule has 35 heavy (non-hydrogen) atoms. The Labute approximate surface area is 203 Å². The van der Waals surface area contributed by atoms with Crippen LogP contribution in [-0.2, 0) is 23.9 Å². The van der Waals surface area contributed by atoms with E-state index in [1.54, 1.807) is 18.2 Å². The van der Waals surface area contributed by atoms with E-state index in [-0.39, 0.29) is 23.5 Å². The minimum Gasteiger partial charge on any atom is -0.493 e. The highest BCUT2D eigenvalue weighted by Gasteiger charge is 2.48. The molecule has 186 valence electrons. The van der Waals surface area contributed by atoms with Gasteiger partial charge in [-0.1, -0.05) is 6.07 Å². The summed E-state index contributed by atoms with van der Waals surface area (Å²) in [5, 5.41) is 0. The SMILES string of the molecule is COc1cc(C2c3cc(OC(C)=O)c(OC)cc3C(OC(C)=O)C3COCC23)ccc1OC(C)=O. The van der Waals surface area contributed by atoms with Gasteiger partial charge in [0, 0.05) is 44.1 Å². The molecule has 4 rings (SSSR count). The lowest BCUT2D eigenvalue weighted by Gasteiger charge is -2.40. The minimum atomic E-state index is -0.547. The fraction of sp³-hybridized carbons (Fsp3) is 0.423. The van der Waals surface area contributed by atoms with Gasteiger partial charge in [0.1, 0.15) is 6.10 Å². The summed E-state index contributed by atoms with van der Waals surface area (Å²) in [5.74, 6) is -0.328. The van der Waals surface area contributed by atoms with Crippen LogP contribution in [-0.4, -0.2) is 45.3 Å². The number of benzene rings is 2. The number of hydrogen-bond acceptors (Lipinski definition) is 9. The van der Waals surface area contributed by atoms with E-state index in [4.69, 9.17) is 28.4 Å². The van der Waals surface area contributed by atoms with Gasteiger partial charge in [0.2, 0.25) is 0 Å². The molecule has 4 atom stereocenters. The largest absolute Gasteiger partial charge is 0.493 e. The van der Waals surface area contributed by atoms with Crippen molar-refractivity contribution in [3.63, 3.8) is 0 Å². The first kappa shape index (κ1) is 24.5. The normalized spacial score (nSPS) is 22.4. The van der Waals surface area contributed by atoms with Gasteiger partial charge in [0.25, 0.3) is 0 Å². The molecule has 4 unspecified atom stereocenters. The molecule has 0 aromatic heterocycles. The quantitative estimate of drug-likeness (QED) is 0.449. The first-order valence-corrected chi connectivity index (χ1v) is 11.2. The molecule has 0 bridgehead atoms. The minimum absolute atomic E-state index is 0.0327. The van der Waals surface area contributed by atoms with Crippen molar-refractivity contribution in [2.24, 2.45) is 11.8 Å². The lowest BCUT2D eigenvalue weighted by Crippen LogP contribution is -2.35. The molecular formula is C26H28O9. The Bertz CT molecular complexity index is 1160. The maximum atomic E-state index is 12.0. The van der Waals surface area contributed by atoms with E-state index in [0.29, 0.717) is 30.5 Å². The summed E-state index contributed by atoms with van der Waals surface area (Å²) in [5.41, 5.74) is 2.47. The van der Waals surface area contributed by atoms with Crippen molar-refractivity contribution < 1.29 is 42.8 Å². The standard InChI is InChI=1S/C26H28O9/c1-13(27)33-21-7-6-16(8-22(21)30-4)25-17-9-24(34-14(2)28)23(31-5)10-18(17)26(35-15(3)29)20-12-32-11-19(20)25/h6-10,19-20,25-26H,11-12H2,1-5H3. The molecule has 0 N–H and O–H groups in total. The Hall–Kier alpha value is -3.59. The highest BCUT2D eigenvalue weighted by Crippen LogP contribution is 2.55.